The summed E-state index contributed by atoms with van der Waals surface area (Å²) < 4.78 is 11.9. The first kappa shape index (κ1) is 19.9. The van der Waals surface area contributed by atoms with E-state index in [4.69, 9.17) is 14.5 Å². The van der Waals surface area contributed by atoms with Gasteiger partial charge in [0.15, 0.2) is 11.5 Å². The number of hydrogen-bond donors (Lipinski definition) is 1. The molecule has 1 saturated heterocycles. The van der Waals surface area contributed by atoms with Crippen LogP contribution in [0.2, 0.25) is 0 Å². The monoisotopic (exact) mass is 409 g/mol. The molecule has 1 aromatic heterocycles. The van der Waals surface area contributed by atoms with Crippen LogP contribution in [0.25, 0.3) is 10.9 Å². The van der Waals surface area contributed by atoms with Gasteiger partial charge in [-0.05, 0) is 88.9 Å². The van der Waals surface area contributed by atoms with E-state index in [0.29, 0.717) is 6.04 Å². The highest BCUT2D eigenvalue weighted by Crippen LogP contribution is 2.40. The molecule has 0 radical (unpaired) electrons. The molecule has 0 spiro atoms. The topological polar surface area (TPSA) is 46.6 Å². The molecular weight excluding hydrogens is 374 g/mol. The standard InChI is InChI=1S/C25H35N3O2/c1-29-23-16-20-22(17-24(23)30-15-7-14-28-12-4-5-13-28)27-21-11-3-2-10-19(21)25(20)26-18-8-6-9-18/h16-18H,2-15H2,1H3,(H,26,27). The number of rotatable bonds is 8. The molecule has 2 aliphatic carbocycles. The first-order chi connectivity index (χ1) is 14.8. The Bertz CT molecular complexity index is 888. The van der Waals surface area contributed by atoms with Gasteiger partial charge in [-0.2, -0.15) is 0 Å². The summed E-state index contributed by atoms with van der Waals surface area (Å²) in [4.78, 5) is 7.61. The van der Waals surface area contributed by atoms with Crippen LogP contribution in [0.3, 0.4) is 0 Å². The van der Waals surface area contributed by atoms with Crippen LogP contribution in [-0.4, -0.2) is 49.3 Å². The third kappa shape index (κ3) is 4.09. The zero-order valence-corrected chi connectivity index (χ0v) is 18.3. The summed E-state index contributed by atoms with van der Waals surface area (Å²) in [6.07, 6.45) is 12.3. The second kappa shape index (κ2) is 9.01. The minimum absolute atomic E-state index is 0.606. The molecule has 30 heavy (non-hydrogen) atoms. The highest BCUT2D eigenvalue weighted by molar-refractivity contribution is 5.96. The van der Waals surface area contributed by atoms with Gasteiger partial charge >= 0.3 is 0 Å². The minimum Gasteiger partial charge on any atom is -0.493 e. The highest BCUT2D eigenvalue weighted by atomic mass is 16.5. The van der Waals surface area contributed by atoms with Gasteiger partial charge in [-0.3, -0.25) is 4.98 Å². The molecule has 2 heterocycles. The molecule has 0 amide bonds. The minimum atomic E-state index is 0.606. The molecule has 5 rings (SSSR count). The molecule has 0 unspecified atom stereocenters. The number of hydrogen-bond acceptors (Lipinski definition) is 5. The molecule has 1 aromatic carbocycles. The second-order valence-corrected chi connectivity index (χ2v) is 9.16. The van der Waals surface area contributed by atoms with Crippen molar-refractivity contribution in [1.82, 2.24) is 9.88 Å². The Morgan fingerprint density at radius 2 is 1.87 bits per heavy atom. The van der Waals surface area contributed by atoms with Crippen molar-refractivity contribution >= 4 is 16.6 Å². The Labute approximate surface area is 180 Å². The Hall–Kier alpha value is -2.01. The van der Waals surface area contributed by atoms with Crippen LogP contribution in [0.1, 0.15) is 62.6 Å². The van der Waals surface area contributed by atoms with Crippen LogP contribution in [0.4, 0.5) is 5.69 Å². The van der Waals surface area contributed by atoms with Crippen molar-refractivity contribution in [1.29, 1.82) is 0 Å². The van der Waals surface area contributed by atoms with E-state index in [2.05, 4.69) is 22.3 Å². The lowest BCUT2D eigenvalue weighted by molar-refractivity contribution is 0.254. The van der Waals surface area contributed by atoms with Crippen LogP contribution in [0, 0.1) is 0 Å². The van der Waals surface area contributed by atoms with E-state index in [1.165, 1.54) is 80.4 Å². The predicted octanol–water partition coefficient (Wildman–Crippen LogP) is 4.95. The molecule has 1 N–H and O–H groups in total. The third-order valence-electron chi connectivity index (χ3n) is 7.08. The summed E-state index contributed by atoms with van der Waals surface area (Å²) >= 11 is 0. The fraction of sp³-hybridized carbons (Fsp3) is 0.640. The molecule has 3 aliphatic rings. The fourth-order valence-electron chi connectivity index (χ4n) is 5.10. The van der Waals surface area contributed by atoms with Crippen molar-refractivity contribution in [2.24, 2.45) is 0 Å². The third-order valence-corrected chi connectivity index (χ3v) is 7.08. The number of benzene rings is 1. The van der Waals surface area contributed by atoms with Crippen molar-refractivity contribution < 1.29 is 9.47 Å². The van der Waals surface area contributed by atoms with E-state index in [-0.39, 0.29) is 0 Å². The first-order valence-electron chi connectivity index (χ1n) is 12.0. The van der Waals surface area contributed by atoms with Crippen molar-refractivity contribution in [3.8, 4) is 11.5 Å². The van der Waals surface area contributed by atoms with Crippen LogP contribution in [-0.2, 0) is 12.8 Å². The zero-order valence-electron chi connectivity index (χ0n) is 18.3. The lowest BCUT2D eigenvalue weighted by atomic mass is 9.89. The number of ether oxygens (including phenoxy) is 2. The zero-order chi connectivity index (χ0) is 20.3. The van der Waals surface area contributed by atoms with Gasteiger partial charge in [0.25, 0.3) is 0 Å². The number of anilines is 1. The summed E-state index contributed by atoms with van der Waals surface area (Å²) in [6, 6.07) is 4.85. The van der Waals surface area contributed by atoms with Crippen LogP contribution in [0.15, 0.2) is 12.1 Å². The maximum Gasteiger partial charge on any atom is 0.163 e. The van der Waals surface area contributed by atoms with Crippen LogP contribution in [0.5, 0.6) is 11.5 Å². The quantitative estimate of drug-likeness (QED) is 0.625. The lowest BCUT2D eigenvalue weighted by Crippen LogP contribution is -2.28. The van der Waals surface area contributed by atoms with E-state index in [0.717, 1.165) is 49.4 Å². The number of likely N-dealkylation sites (tertiary alicyclic amines) is 1. The van der Waals surface area contributed by atoms with Crippen LogP contribution >= 0.6 is 0 Å². The predicted molar refractivity (Wildman–Crippen MR) is 122 cm³/mol. The van der Waals surface area contributed by atoms with Gasteiger partial charge in [-0.25, -0.2) is 0 Å². The summed E-state index contributed by atoms with van der Waals surface area (Å²) in [6.45, 7) is 4.32. The Morgan fingerprint density at radius 1 is 1.03 bits per heavy atom. The van der Waals surface area contributed by atoms with Crippen LogP contribution < -0.4 is 14.8 Å². The maximum absolute atomic E-state index is 6.18. The summed E-state index contributed by atoms with van der Waals surface area (Å²) in [7, 11) is 1.74. The summed E-state index contributed by atoms with van der Waals surface area (Å²) in [5, 5.41) is 5.05. The van der Waals surface area contributed by atoms with E-state index in [9.17, 15) is 0 Å². The molecule has 0 bridgehead atoms. The van der Waals surface area contributed by atoms with Crippen molar-refractivity contribution in [2.45, 2.75) is 70.3 Å². The van der Waals surface area contributed by atoms with Gasteiger partial charge < -0.3 is 19.7 Å². The number of aromatic nitrogens is 1. The Morgan fingerprint density at radius 3 is 2.63 bits per heavy atom. The molecule has 2 aromatic rings. The molecular formula is C25H35N3O2. The normalized spacial score (nSPS) is 19.5. The highest BCUT2D eigenvalue weighted by Gasteiger charge is 2.24. The van der Waals surface area contributed by atoms with Gasteiger partial charge in [0, 0.05) is 35.4 Å². The molecule has 0 atom stereocenters. The number of nitrogens with one attached hydrogen (secondary N) is 1. The lowest BCUT2D eigenvalue weighted by Gasteiger charge is -2.31. The van der Waals surface area contributed by atoms with E-state index in [1.54, 1.807) is 7.11 Å². The number of nitrogens with zero attached hydrogens (tertiary/aromatic N) is 2. The van der Waals surface area contributed by atoms with Crippen molar-refractivity contribution in [2.75, 3.05) is 38.7 Å². The largest absolute Gasteiger partial charge is 0.493 e. The second-order valence-electron chi connectivity index (χ2n) is 9.16. The number of fused-ring (bicyclic) bond motifs is 2. The average Bonchev–Trinajstić information content (AvgIpc) is 3.26. The first-order valence-corrected chi connectivity index (χ1v) is 12.0. The maximum atomic E-state index is 6.18. The van der Waals surface area contributed by atoms with E-state index in [1.807, 2.05) is 0 Å². The molecule has 5 heteroatoms. The molecule has 2 fully saturated rings. The SMILES string of the molecule is COc1cc2c(NC3CCC3)c3c(nc2cc1OCCCN1CCCC1)CCCC3. The van der Waals surface area contributed by atoms with Gasteiger partial charge in [0.2, 0.25) is 0 Å². The smallest absolute Gasteiger partial charge is 0.163 e. The molecule has 5 nitrogen and oxygen atoms in total. The van der Waals surface area contributed by atoms with Gasteiger partial charge in [0.05, 0.1) is 19.2 Å². The van der Waals surface area contributed by atoms with Crippen molar-refractivity contribution in [3.05, 3.63) is 23.4 Å². The molecule has 1 saturated carbocycles. The number of pyridine rings is 1. The summed E-state index contributed by atoms with van der Waals surface area (Å²) in [5.74, 6) is 1.64. The van der Waals surface area contributed by atoms with Gasteiger partial charge in [-0.15, -0.1) is 0 Å². The molecule has 1 aliphatic heterocycles. The van der Waals surface area contributed by atoms with Gasteiger partial charge in [0.1, 0.15) is 0 Å². The fourth-order valence-corrected chi connectivity index (χ4v) is 5.10. The van der Waals surface area contributed by atoms with Gasteiger partial charge in [-0.1, -0.05) is 0 Å². The number of methoxy groups -OCH3 is 1. The average molecular weight is 410 g/mol. The molecule has 162 valence electrons. The van der Waals surface area contributed by atoms with E-state index < -0.39 is 0 Å². The van der Waals surface area contributed by atoms with E-state index >= 15 is 0 Å². The Balaban J connectivity index is 1.41. The number of aryl methyl sites for hydroxylation is 1. The van der Waals surface area contributed by atoms with Crippen molar-refractivity contribution in [3.63, 3.8) is 0 Å². The Kier molecular flexibility index (Phi) is 5.98. The summed E-state index contributed by atoms with van der Waals surface area (Å²) in [5.41, 5.74) is 5.05.